The minimum atomic E-state index is -1.28. The summed E-state index contributed by atoms with van der Waals surface area (Å²) in [5.41, 5.74) is 12.2. The van der Waals surface area contributed by atoms with Crippen LogP contribution in [0.25, 0.3) is 0 Å². The number of likely N-dealkylation sites (tertiary alicyclic amines) is 4. The highest BCUT2D eigenvalue weighted by molar-refractivity contribution is 5.85. The molecule has 0 spiro atoms. The monoisotopic (exact) mass is 1850 g/mol. The average Bonchev–Trinajstić information content (AvgIpc) is 0.794. The Kier molecular flexibility index (Phi) is 45.6. The number of amides is 3. The van der Waals surface area contributed by atoms with Gasteiger partial charge in [-0.3, -0.25) is 24.0 Å². The number of hydrogen-bond acceptors (Lipinski definition) is 19. The van der Waals surface area contributed by atoms with Crippen LogP contribution in [0.2, 0.25) is 0 Å². The molecule has 4 heterocycles. The van der Waals surface area contributed by atoms with Crippen molar-refractivity contribution in [2.45, 2.75) is 149 Å². The first-order valence-corrected chi connectivity index (χ1v) is 46.6. The van der Waals surface area contributed by atoms with E-state index >= 15 is 0 Å². The molecule has 4 fully saturated rings. The Labute approximate surface area is 792 Å². The van der Waals surface area contributed by atoms with E-state index in [1.807, 2.05) is 170 Å². The molecule has 133 heavy (non-hydrogen) atoms. The summed E-state index contributed by atoms with van der Waals surface area (Å²) in [7, 11) is 0. The van der Waals surface area contributed by atoms with Crippen molar-refractivity contribution in [1.29, 1.82) is 0 Å². The third-order valence-electron chi connectivity index (χ3n) is 27.6. The number of carboxylic acids is 2. The smallest absolute Gasteiger partial charge is 0.361 e. The minimum absolute atomic E-state index is 0. The highest BCUT2D eigenvalue weighted by Gasteiger charge is 2.45. The Morgan fingerprint density at radius 1 is 0.406 bits per heavy atom. The van der Waals surface area contributed by atoms with Crippen molar-refractivity contribution in [2.24, 2.45) is 47.3 Å². The standard InChI is InChI=1S/2C27H36N2O4.C25H32N2O4.C23H29NO3.C4H9NO2.ClH.H2O/c2*1-4-33-25(31)17-28-26(32)22(15-21-9-6-5-7-10-21)19-29-14-13-27(3,20(2)18-29)23-11-8-12-24(30)16-23;1-18-16-27(12-11-25(18,2)21-9-6-10-22(28)14-21)17-20(24(31)26-15-23(29)30)13-19-7-4-3-5-8-19;1-17-15-24(12-11-23(17,2)20-9-6-10-21(25)14-20)16-19(22(26)27)13-18-7-4-3-5-8-18;1-2-7-4(6)3-5;;/h2*5-12,16,20,22,30H,4,13-15,17-19H2,1-3H3,(H,28,32);3-10,14,18,20,28H,11-13,15-17H2,1-2H3,(H,26,31)(H,29,30);3-10,14,17,19,25H,11-13,15-16H2,1-2H3,(H,26,27);2-3,5H2,1H3;1H;1H2/t2*20-,22-,27+;18-,20-,25+;17-,19-,23+;;;/m0000.../s1. The number of rotatable bonds is 34. The fourth-order valence-corrected chi connectivity index (χ4v) is 18.8. The van der Waals surface area contributed by atoms with Gasteiger partial charge < -0.3 is 114 Å². The number of phenolic OH excluding ortho intramolecular Hbond substituents is 4. The number of halogens is 1. The van der Waals surface area contributed by atoms with E-state index in [-0.39, 0.29) is 106 Å². The van der Waals surface area contributed by atoms with Gasteiger partial charge in [0.25, 0.3) is 0 Å². The molecule has 4 aliphatic heterocycles. The summed E-state index contributed by atoms with van der Waals surface area (Å²) >= 11 is 0. The Balaban J connectivity index is 0.000000265. The molecule has 4 saturated heterocycles. The molecule has 14 atom stereocenters. The van der Waals surface area contributed by atoms with Gasteiger partial charge in [0.15, 0.2) is 6.54 Å². The fourth-order valence-electron chi connectivity index (χ4n) is 18.8. The molecule has 8 aromatic carbocycles. The van der Waals surface area contributed by atoms with E-state index in [1.165, 1.54) is 9.80 Å². The van der Waals surface area contributed by atoms with Gasteiger partial charge in [-0.1, -0.05) is 225 Å². The van der Waals surface area contributed by atoms with E-state index < -0.39 is 36.3 Å². The second kappa shape index (κ2) is 54.8. The lowest BCUT2D eigenvalue weighted by molar-refractivity contribution is -0.913. The van der Waals surface area contributed by atoms with Crippen LogP contribution in [0.1, 0.15) is 146 Å². The third kappa shape index (κ3) is 34.3. The average molecular weight is 1850 g/mol. The zero-order valence-electron chi connectivity index (χ0n) is 79.6. The van der Waals surface area contributed by atoms with Gasteiger partial charge in [0, 0.05) is 61.7 Å². The maximum atomic E-state index is 13.0. The topological polar surface area (TPSA) is 402 Å². The number of benzene rings is 8. The molecule has 4 aliphatic rings. The summed E-state index contributed by atoms with van der Waals surface area (Å²) in [6, 6.07) is 69.7. The summed E-state index contributed by atoms with van der Waals surface area (Å²) in [4.78, 5) is 102. The molecule has 724 valence electrons. The van der Waals surface area contributed by atoms with Gasteiger partial charge in [-0.25, -0.2) is 4.79 Å². The molecule has 0 aromatic heterocycles. The number of esters is 3. The lowest BCUT2D eigenvalue weighted by Crippen LogP contribution is -3.15. The second-order valence-corrected chi connectivity index (χ2v) is 36.9. The molecular formula is C106H145ClN8O18. The van der Waals surface area contributed by atoms with Crippen molar-refractivity contribution in [1.82, 2.24) is 25.8 Å². The Hall–Kier alpha value is -11.2. The summed E-state index contributed by atoms with van der Waals surface area (Å²) in [5.74, 6) is -2.47. The van der Waals surface area contributed by atoms with Gasteiger partial charge in [-0.05, 0) is 188 Å². The number of carbonyl (C=O) groups excluding carboxylic acids is 8. The van der Waals surface area contributed by atoms with Gasteiger partial charge in [-0.15, -0.1) is 0 Å². The zero-order chi connectivity index (χ0) is 95.3. The van der Waals surface area contributed by atoms with Crippen molar-refractivity contribution in [3.63, 3.8) is 0 Å². The van der Waals surface area contributed by atoms with Gasteiger partial charge in [0.2, 0.25) is 17.7 Å². The molecule has 2 unspecified atom stereocenters. The van der Waals surface area contributed by atoms with Crippen LogP contribution in [0.3, 0.4) is 0 Å². The van der Waals surface area contributed by atoms with Crippen LogP contribution < -0.4 is 54.1 Å². The lowest BCUT2D eigenvalue weighted by Gasteiger charge is -2.45. The Morgan fingerprint density at radius 2 is 0.692 bits per heavy atom. The largest absolute Gasteiger partial charge is 1.00 e. The van der Waals surface area contributed by atoms with Crippen LogP contribution in [0.4, 0.5) is 0 Å². The van der Waals surface area contributed by atoms with Crippen molar-refractivity contribution in [3.05, 3.63) is 263 Å². The summed E-state index contributed by atoms with van der Waals surface area (Å²) < 4.78 is 14.4. The molecule has 3 amide bonds. The van der Waals surface area contributed by atoms with Gasteiger partial charge in [0.05, 0.1) is 101 Å². The summed E-state index contributed by atoms with van der Waals surface area (Å²) in [5, 5.41) is 70.2. The Bertz CT molecular complexity index is 4760. The molecule has 8 aromatic rings. The van der Waals surface area contributed by atoms with Gasteiger partial charge in [0.1, 0.15) is 36.1 Å². The van der Waals surface area contributed by atoms with E-state index in [4.69, 9.17) is 9.47 Å². The lowest BCUT2D eigenvalue weighted by atomic mass is 9.68. The van der Waals surface area contributed by atoms with Crippen molar-refractivity contribution < 1.29 is 117 Å². The van der Waals surface area contributed by atoms with Crippen LogP contribution in [0.15, 0.2) is 218 Å². The second-order valence-electron chi connectivity index (χ2n) is 36.9. The van der Waals surface area contributed by atoms with Crippen molar-refractivity contribution in [3.8, 4) is 23.0 Å². The molecule has 0 radical (unpaired) electrons. The fraction of sp³-hybridized carbons (Fsp3) is 0.472. The van der Waals surface area contributed by atoms with E-state index in [2.05, 4.69) is 116 Å². The number of piperidine rings is 4. The molecule has 12 rings (SSSR count). The number of aliphatic carboxylic acids is 2. The number of quaternary nitrogens is 3. The highest BCUT2D eigenvalue weighted by atomic mass is 35.5. The first-order valence-electron chi connectivity index (χ1n) is 46.6. The number of aromatic hydroxyl groups is 4. The molecule has 26 nitrogen and oxygen atoms in total. The molecule has 0 saturated carbocycles. The minimum Gasteiger partial charge on any atom is -1.00 e. The Morgan fingerprint density at radius 3 is 0.970 bits per heavy atom. The predicted octanol–water partition coefficient (Wildman–Crippen LogP) is 3.51. The van der Waals surface area contributed by atoms with Crippen LogP contribution in [-0.2, 0) is 99.9 Å². The molecule has 0 aliphatic carbocycles. The van der Waals surface area contributed by atoms with Crippen LogP contribution >= 0.6 is 0 Å². The normalized spacial score (nSPS) is 22.3. The van der Waals surface area contributed by atoms with Crippen molar-refractivity contribution >= 4 is 47.6 Å². The number of ether oxygens (including phenoxy) is 3. The third-order valence-corrected chi connectivity index (χ3v) is 27.6. The van der Waals surface area contributed by atoms with Crippen LogP contribution in [0, 0.1) is 47.3 Å². The van der Waals surface area contributed by atoms with Gasteiger partial charge in [-0.2, -0.15) is 0 Å². The summed E-state index contributed by atoms with van der Waals surface area (Å²) in [6.07, 6.45) is 6.13. The van der Waals surface area contributed by atoms with E-state index in [0.717, 1.165) is 123 Å². The number of hydrogen-bond donors (Lipinski definition) is 10. The molecular weight excluding hydrogens is 1710 g/mol. The highest BCUT2D eigenvalue weighted by Crippen LogP contribution is 2.44. The predicted molar refractivity (Wildman–Crippen MR) is 506 cm³/mol. The number of carbonyl (C=O) groups is 8. The van der Waals surface area contributed by atoms with E-state index in [0.29, 0.717) is 113 Å². The maximum absolute atomic E-state index is 13.0. The SMILES string of the molecule is CCOC(=O)CNC(=O)[C@@H](Cc1ccccc1)CN1CC[C@@](C)(c2cccc(O)c2)[C@@H](C)C1.CCOC(=O)CNC(=O)[C@@H](Cc1ccccc1)CN1CC[C@@](C)(c2cccc(O)c2)[C@@H](C)C1.CCOC(=O)C[NH3+].C[C@H]1C[NH+](C[C@H](Cc2ccccc2)C(=O)NCC(=O)[O-])CC[C@@]1(C)c1cccc(O)c1.C[C@H]1C[NH+](C[C@H](Cc2ccccc2)C(=O)[O-])CC[C@@]1(C)c1cccc(O)c1.O.[Cl-]. The zero-order valence-corrected chi connectivity index (χ0v) is 80.3. The first-order chi connectivity index (χ1) is 62.6. The van der Waals surface area contributed by atoms with Crippen LogP contribution in [0.5, 0.6) is 23.0 Å². The number of nitrogens with zero attached hydrogens (tertiary/aromatic N) is 2. The first kappa shape index (κ1) is 111. The van der Waals surface area contributed by atoms with E-state index in [9.17, 15) is 69.0 Å². The van der Waals surface area contributed by atoms with Crippen LogP contribution in [-0.4, -0.2) is 208 Å². The molecule has 0 bridgehead atoms. The summed E-state index contributed by atoms with van der Waals surface area (Å²) in [6.45, 7) is 33.5. The molecule has 14 N–H and O–H groups in total. The molecule has 27 heteroatoms. The maximum Gasteiger partial charge on any atom is 0.361 e. The number of phenols is 4. The quantitative estimate of drug-likeness (QED) is 0.0204. The van der Waals surface area contributed by atoms with Gasteiger partial charge >= 0.3 is 17.9 Å². The number of carboxylic acid groups (broad SMARTS) is 2. The van der Waals surface area contributed by atoms with E-state index in [1.54, 1.807) is 45.0 Å². The number of nitrogens with one attached hydrogen (secondary N) is 5. The van der Waals surface area contributed by atoms with Crippen molar-refractivity contribution in [2.75, 3.05) is 125 Å².